The third-order valence-electron chi connectivity index (χ3n) is 4.36. The molecule has 0 saturated carbocycles. The van der Waals surface area contributed by atoms with E-state index in [1.807, 2.05) is 0 Å². The summed E-state index contributed by atoms with van der Waals surface area (Å²) in [6.07, 6.45) is -3.24. The highest BCUT2D eigenvalue weighted by molar-refractivity contribution is 7.16. The Morgan fingerprint density at radius 1 is 1.22 bits per heavy atom. The van der Waals surface area contributed by atoms with Crippen molar-refractivity contribution >= 4 is 27.5 Å². The summed E-state index contributed by atoms with van der Waals surface area (Å²) in [5.74, 6) is -0.219. The normalized spacial score (nSPS) is 17.4. The van der Waals surface area contributed by atoms with Crippen molar-refractivity contribution in [3.8, 4) is 5.88 Å². The van der Waals surface area contributed by atoms with E-state index in [1.54, 1.807) is 28.6 Å². The van der Waals surface area contributed by atoms with Crippen molar-refractivity contribution < 1.29 is 22.7 Å². The molecule has 0 bridgehead atoms. The number of rotatable bonds is 3. The number of halogens is 3. The molecule has 0 spiro atoms. The van der Waals surface area contributed by atoms with Gasteiger partial charge in [0.25, 0.3) is 5.91 Å². The molecule has 1 aliphatic heterocycles. The van der Waals surface area contributed by atoms with Crippen molar-refractivity contribution in [2.45, 2.75) is 18.7 Å². The first-order valence-electron chi connectivity index (χ1n) is 8.22. The van der Waals surface area contributed by atoms with Crippen molar-refractivity contribution in [3.63, 3.8) is 0 Å². The van der Waals surface area contributed by atoms with E-state index in [-0.39, 0.29) is 11.8 Å². The van der Waals surface area contributed by atoms with Crippen LogP contribution in [-0.2, 0) is 6.18 Å². The first-order valence-corrected chi connectivity index (χ1v) is 9.10. The van der Waals surface area contributed by atoms with Gasteiger partial charge in [0.1, 0.15) is 6.10 Å². The Balaban J connectivity index is 1.43. The SMILES string of the molecule is O=C(c1ccc2ncsc2c1)N1CCC(Oc2cc(C(F)(F)F)ccn2)C1. The summed E-state index contributed by atoms with van der Waals surface area (Å²) in [5, 5.41) is 0. The first kappa shape index (κ1) is 17.7. The Bertz CT molecular complexity index is 989. The van der Waals surface area contributed by atoms with Crippen molar-refractivity contribution in [1.82, 2.24) is 14.9 Å². The van der Waals surface area contributed by atoms with Crippen LogP contribution in [0.2, 0.25) is 0 Å². The smallest absolute Gasteiger partial charge is 0.416 e. The standard InChI is InChI=1S/C18H14F3N3O2S/c19-18(20,21)12-3-5-22-16(8-12)26-13-4-6-24(9-13)17(25)11-1-2-14-15(7-11)27-10-23-14/h1-3,5,7-8,10,13H,4,6,9H2. The molecule has 1 fully saturated rings. The fraction of sp³-hybridized carbons (Fsp3) is 0.278. The molecular weight excluding hydrogens is 379 g/mol. The van der Waals surface area contributed by atoms with Gasteiger partial charge in [-0.25, -0.2) is 9.97 Å². The van der Waals surface area contributed by atoms with E-state index >= 15 is 0 Å². The second-order valence-electron chi connectivity index (χ2n) is 6.20. The summed E-state index contributed by atoms with van der Waals surface area (Å²) in [6.45, 7) is 0.778. The summed E-state index contributed by atoms with van der Waals surface area (Å²) in [4.78, 5) is 22.4. The lowest BCUT2D eigenvalue weighted by Gasteiger charge is -2.17. The number of nitrogens with zero attached hydrogens (tertiary/aromatic N) is 3. The van der Waals surface area contributed by atoms with Crippen LogP contribution in [0.4, 0.5) is 13.2 Å². The third-order valence-corrected chi connectivity index (χ3v) is 5.15. The highest BCUT2D eigenvalue weighted by atomic mass is 32.1. The van der Waals surface area contributed by atoms with Gasteiger partial charge in [0.15, 0.2) is 0 Å². The number of fused-ring (bicyclic) bond motifs is 1. The average molecular weight is 393 g/mol. The number of benzene rings is 1. The van der Waals surface area contributed by atoms with Crippen LogP contribution in [0, 0.1) is 0 Å². The number of thiazole rings is 1. The molecule has 1 amide bonds. The van der Waals surface area contributed by atoms with Gasteiger partial charge in [-0.3, -0.25) is 4.79 Å². The van der Waals surface area contributed by atoms with Gasteiger partial charge in [0.05, 0.1) is 27.8 Å². The van der Waals surface area contributed by atoms with E-state index in [9.17, 15) is 18.0 Å². The van der Waals surface area contributed by atoms with Gasteiger partial charge in [0.2, 0.25) is 5.88 Å². The number of ether oxygens (including phenoxy) is 1. The molecule has 1 unspecified atom stereocenters. The number of likely N-dealkylation sites (tertiary alicyclic amines) is 1. The van der Waals surface area contributed by atoms with Crippen LogP contribution in [0.1, 0.15) is 22.3 Å². The lowest BCUT2D eigenvalue weighted by Crippen LogP contribution is -2.31. The minimum Gasteiger partial charge on any atom is -0.472 e. The van der Waals surface area contributed by atoms with E-state index in [0.29, 0.717) is 25.1 Å². The maximum atomic E-state index is 12.8. The monoisotopic (exact) mass is 393 g/mol. The minimum atomic E-state index is -4.45. The van der Waals surface area contributed by atoms with Gasteiger partial charge >= 0.3 is 6.18 Å². The molecule has 9 heteroatoms. The Morgan fingerprint density at radius 2 is 2.07 bits per heavy atom. The zero-order chi connectivity index (χ0) is 19.0. The molecule has 3 aromatic rings. The topological polar surface area (TPSA) is 55.3 Å². The lowest BCUT2D eigenvalue weighted by atomic mass is 10.2. The lowest BCUT2D eigenvalue weighted by molar-refractivity contribution is -0.137. The molecule has 2 aromatic heterocycles. The zero-order valence-corrected chi connectivity index (χ0v) is 14.8. The van der Waals surface area contributed by atoms with Gasteiger partial charge in [-0.05, 0) is 24.3 Å². The molecule has 140 valence electrons. The predicted octanol–water partition coefficient (Wildman–Crippen LogP) is 4.00. The Morgan fingerprint density at radius 3 is 2.89 bits per heavy atom. The van der Waals surface area contributed by atoms with E-state index in [4.69, 9.17) is 4.74 Å². The third kappa shape index (κ3) is 3.73. The highest BCUT2D eigenvalue weighted by Gasteiger charge is 2.32. The highest BCUT2D eigenvalue weighted by Crippen LogP contribution is 2.31. The Kier molecular flexibility index (Phi) is 4.47. The number of aromatic nitrogens is 2. The minimum absolute atomic E-state index is 0.0878. The molecule has 0 radical (unpaired) electrons. The van der Waals surface area contributed by atoms with Crippen molar-refractivity contribution in [2.24, 2.45) is 0 Å². The number of hydrogen-bond donors (Lipinski definition) is 0. The average Bonchev–Trinajstić information content (AvgIpc) is 3.29. The fourth-order valence-electron chi connectivity index (χ4n) is 3.00. The zero-order valence-electron chi connectivity index (χ0n) is 13.9. The van der Waals surface area contributed by atoms with Crippen LogP contribution in [0.15, 0.2) is 42.0 Å². The maximum Gasteiger partial charge on any atom is 0.416 e. The summed E-state index contributed by atoms with van der Waals surface area (Å²) >= 11 is 1.46. The van der Waals surface area contributed by atoms with E-state index in [1.165, 1.54) is 11.3 Å². The Hall–Kier alpha value is -2.68. The number of carbonyl (C=O) groups is 1. The van der Waals surface area contributed by atoms with Crippen molar-refractivity contribution in [1.29, 1.82) is 0 Å². The number of pyridine rings is 1. The van der Waals surface area contributed by atoms with Gasteiger partial charge < -0.3 is 9.64 Å². The molecule has 1 atom stereocenters. The number of carbonyl (C=O) groups excluding carboxylic acids is 1. The molecule has 0 N–H and O–H groups in total. The quantitative estimate of drug-likeness (QED) is 0.675. The van der Waals surface area contributed by atoms with E-state index < -0.39 is 17.8 Å². The molecule has 4 rings (SSSR count). The van der Waals surface area contributed by atoms with Crippen molar-refractivity contribution in [3.05, 3.63) is 53.2 Å². The second-order valence-corrected chi connectivity index (χ2v) is 7.08. The van der Waals surface area contributed by atoms with Crippen LogP contribution in [0.3, 0.4) is 0 Å². The summed E-state index contributed by atoms with van der Waals surface area (Å²) in [7, 11) is 0. The molecule has 0 aliphatic carbocycles. The van der Waals surface area contributed by atoms with Gasteiger partial charge in [-0.15, -0.1) is 11.3 Å². The maximum absolute atomic E-state index is 12.8. The van der Waals surface area contributed by atoms with Gasteiger partial charge in [-0.1, -0.05) is 0 Å². The van der Waals surface area contributed by atoms with Crippen molar-refractivity contribution in [2.75, 3.05) is 13.1 Å². The van der Waals surface area contributed by atoms with Gasteiger partial charge in [-0.2, -0.15) is 13.2 Å². The fourth-order valence-corrected chi connectivity index (χ4v) is 3.72. The molecule has 3 heterocycles. The van der Waals surface area contributed by atoms with Gasteiger partial charge in [0, 0.05) is 30.8 Å². The molecule has 1 saturated heterocycles. The summed E-state index contributed by atoms with van der Waals surface area (Å²) in [6, 6.07) is 7.11. The van der Waals surface area contributed by atoms with E-state index in [0.717, 1.165) is 28.5 Å². The predicted molar refractivity (Wildman–Crippen MR) is 93.8 cm³/mol. The summed E-state index contributed by atoms with van der Waals surface area (Å²) in [5.41, 5.74) is 2.32. The molecule has 5 nitrogen and oxygen atoms in total. The number of hydrogen-bond acceptors (Lipinski definition) is 5. The molecule has 1 aliphatic rings. The van der Waals surface area contributed by atoms with E-state index in [2.05, 4.69) is 9.97 Å². The molecule has 1 aromatic carbocycles. The van der Waals surface area contributed by atoms with Crippen LogP contribution in [-0.4, -0.2) is 40.0 Å². The molecular formula is C18H14F3N3O2S. The number of alkyl halides is 3. The van der Waals surface area contributed by atoms with Crippen LogP contribution in [0.25, 0.3) is 10.2 Å². The Labute approximate surface area is 156 Å². The largest absolute Gasteiger partial charge is 0.472 e. The van der Waals surface area contributed by atoms with Crippen LogP contribution < -0.4 is 4.74 Å². The second kappa shape index (κ2) is 6.80. The number of amides is 1. The summed E-state index contributed by atoms with van der Waals surface area (Å²) < 4.78 is 44.9. The first-order chi connectivity index (χ1) is 12.9. The molecule has 27 heavy (non-hydrogen) atoms. The van der Waals surface area contributed by atoms with Crippen LogP contribution >= 0.6 is 11.3 Å². The van der Waals surface area contributed by atoms with Crippen LogP contribution in [0.5, 0.6) is 5.88 Å².